The molecule has 130 valence electrons. The molecule has 1 atom stereocenters. The molecule has 3 N–H and O–H groups in total. The Balaban J connectivity index is 1.48. The number of rotatable bonds is 4. The maximum absolute atomic E-state index is 12.5. The maximum atomic E-state index is 12.5. The molecule has 25 heavy (non-hydrogen) atoms. The van der Waals surface area contributed by atoms with Crippen LogP contribution in [-0.2, 0) is 9.59 Å². The fourth-order valence-corrected chi connectivity index (χ4v) is 3.27. The first-order valence-corrected chi connectivity index (χ1v) is 8.28. The van der Waals surface area contributed by atoms with Gasteiger partial charge in [-0.1, -0.05) is 12.1 Å². The van der Waals surface area contributed by atoms with Gasteiger partial charge in [-0.3, -0.25) is 19.6 Å². The molecular formula is C17H19N5O3. The van der Waals surface area contributed by atoms with E-state index >= 15 is 0 Å². The Bertz CT molecular complexity index is 797. The lowest BCUT2D eigenvalue weighted by molar-refractivity contribution is -0.123. The number of nitrogens with zero attached hydrogens (tertiary/aromatic N) is 2. The van der Waals surface area contributed by atoms with E-state index in [4.69, 9.17) is 4.74 Å². The van der Waals surface area contributed by atoms with E-state index in [1.807, 2.05) is 12.1 Å². The Morgan fingerprint density at radius 3 is 3.12 bits per heavy atom. The molecule has 3 heterocycles. The molecule has 4 rings (SSSR count). The molecule has 1 fully saturated rings. The number of benzene rings is 1. The highest BCUT2D eigenvalue weighted by Crippen LogP contribution is 2.31. The molecule has 0 spiro atoms. The molecule has 2 aliphatic heterocycles. The van der Waals surface area contributed by atoms with Crippen molar-refractivity contribution in [3.05, 3.63) is 36.2 Å². The van der Waals surface area contributed by atoms with E-state index in [1.165, 1.54) is 4.90 Å². The Morgan fingerprint density at radius 1 is 1.40 bits per heavy atom. The van der Waals surface area contributed by atoms with Gasteiger partial charge in [0.25, 0.3) is 5.91 Å². The van der Waals surface area contributed by atoms with Crippen LogP contribution in [0.2, 0.25) is 0 Å². The number of amides is 2. The van der Waals surface area contributed by atoms with E-state index in [1.54, 1.807) is 18.3 Å². The molecule has 1 saturated heterocycles. The van der Waals surface area contributed by atoms with Gasteiger partial charge >= 0.3 is 0 Å². The second-order valence-electron chi connectivity index (χ2n) is 6.17. The van der Waals surface area contributed by atoms with Crippen LogP contribution in [0.5, 0.6) is 5.75 Å². The van der Waals surface area contributed by atoms with E-state index in [-0.39, 0.29) is 25.0 Å². The molecule has 0 saturated carbocycles. The molecule has 8 heteroatoms. The number of carbonyl (C=O) groups is 2. The monoisotopic (exact) mass is 341 g/mol. The topological polar surface area (TPSA) is 99.3 Å². The summed E-state index contributed by atoms with van der Waals surface area (Å²) in [4.78, 5) is 26.1. The lowest BCUT2D eigenvalue weighted by Gasteiger charge is -2.28. The molecule has 1 aromatic carbocycles. The summed E-state index contributed by atoms with van der Waals surface area (Å²) in [6.45, 7) is 1.69. The maximum Gasteiger partial charge on any atom is 0.265 e. The third kappa shape index (κ3) is 3.08. The first-order valence-electron chi connectivity index (χ1n) is 8.28. The normalized spacial score (nSPS) is 19.4. The van der Waals surface area contributed by atoms with Crippen LogP contribution >= 0.6 is 0 Å². The number of carbonyl (C=O) groups excluding carboxylic acids is 2. The van der Waals surface area contributed by atoms with Crippen molar-refractivity contribution in [1.29, 1.82) is 0 Å². The third-order valence-electron chi connectivity index (χ3n) is 4.52. The minimum absolute atomic E-state index is 0.0605. The first-order chi connectivity index (χ1) is 12.2. The van der Waals surface area contributed by atoms with Gasteiger partial charge < -0.3 is 15.4 Å². The number of aromatic amines is 1. The highest BCUT2D eigenvalue weighted by molar-refractivity contribution is 6.05. The number of ether oxygens (including phenoxy) is 1. The van der Waals surface area contributed by atoms with Crippen molar-refractivity contribution in [2.75, 3.05) is 36.5 Å². The quantitative estimate of drug-likeness (QED) is 0.766. The average molecular weight is 341 g/mol. The smallest absolute Gasteiger partial charge is 0.265 e. The van der Waals surface area contributed by atoms with Gasteiger partial charge in [0.15, 0.2) is 6.61 Å². The van der Waals surface area contributed by atoms with E-state index < -0.39 is 0 Å². The average Bonchev–Trinajstić information content (AvgIpc) is 3.28. The number of hydrogen-bond donors (Lipinski definition) is 3. The van der Waals surface area contributed by atoms with E-state index in [0.717, 1.165) is 25.2 Å². The fourth-order valence-electron chi connectivity index (χ4n) is 3.27. The van der Waals surface area contributed by atoms with Crippen LogP contribution in [0.1, 0.15) is 18.0 Å². The van der Waals surface area contributed by atoms with Crippen LogP contribution in [0.3, 0.4) is 0 Å². The van der Waals surface area contributed by atoms with Gasteiger partial charge in [-0.15, -0.1) is 0 Å². The molecule has 2 aliphatic rings. The summed E-state index contributed by atoms with van der Waals surface area (Å²) in [6.07, 6.45) is 2.61. The van der Waals surface area contributed by atoms with Crippen LogP contribution in [0, 0.1) is 0 Å². The molecule has 1 aromatic heterocycles. The van der Waals surface area contributed by atoms with Crippen molar-refractivity contribution in [3.8, 4) is 5.75 Å². The summed E-state index contributed by atoms with van der Waals surface area (Å²) in [5.41, 5.74) is 2.21. The third-order valence-corrected chi connectivity index (χ3v) is 4.52. The highest BCUT2D eigenvalue weighted by atomic mass is 16.5. The summed E-state index contributed by atoms with van der Waals surface area (Å²) in [7, 11) is 0. The van der Waals surface area contributed by atoms with Gasteiger partial charge in [-0.05, 0) is 25.1 Å². The van der Waals surface area contributed by atoms with Crippen LogP contribution in [0.25, 0.3) is 0 Å². The summed E-state index contributed by atoms with van der Waals surface area (Å²) in [5.74, 6) is 0.416. The Kier molecular flexibility index (Phi) is 4.10. The molecule has 0 bridgehead atoms. The zero-order valence-corrected chi connectivity index (χ0v) is 13.6. The van der Waals surface area contributed by atoms with Gasteiger partial charge in [0.05, 0.1) is 23.3 Å². The minimum Gasteiger partial charge on any atom is -0.482 e. The van der Waals surface area contributed by atoms with E-state index in [9.17, 15) is 9.59 Å². The summed E-state index contributed by atoms with van der Waals surface area (Å²) >= 11 is 0. The van der Waals surface area contributed by atoms with Gasteiger partial charge in [-0.2, -0.15) is 5.10 Å². The van der Waals surface area contributed by atoms with Gasteiger partial charge in [0.2, 0.25) is 5.91 Å². The fraction of sp³-hybridized carbons (Fsp3) is 0.353. The second-order valence-corrected chi connectivity index (χ2v) is 6.17. The van der Waals surface area contributed by atoms with Crippen molar-refractivity contribution in [1.82, 2.24) is 15.5 Å². The van der Waals surface area contributed by atoms with Gasteiger partial charge in [-0.25, -0.2) is 0 Å². The predicted molar refractivity (Wildman–Crippen MR) is 91.7 cm³/mol. The Morgan fingerprint density at radius 2 is 2.28 bits per heavy atom. The first kappa shape index (κ1) is 15.6. The lowest BCUT2D eigenvalue weighted by atomic mass is 10.0. The van der Waals surface area contributed by atoms with Crippen molar-refractivity contribution in [3.63, 3.8) is 0 Å². The van der Waals surface area contributed by atoms with Crippen molar-refractivity contribution >= 4 is 23.2 Å². The molecule has 2 amide bonds. The summed E-state index contributed by atoms with van der Waals surface area (Å²) < 4.78 is 5.40. The lowest BCUT2D eigenvalue weighted by Crippen LogP contribution is -2.43. The SMILES string of the molecule is O=C(CN1C(=O)COc2ccccc21)Nc1cn[nH]c1C1CCNC1. The molecule has 1 unspecified atom stereocenters. The largest absolute Gasteiger partial charge is 0.482 e. The van der Waals surface area contributed by atoms with Gasteiger partial charge in [0, 0.05) is 12.5 Å². The predicted octanol–water partition coefficient (Wildman–Crippen LogP) is 0.851. The zero-order chi connectivity index (χ0) is 17.2. The number of H-pyrrole nitrogens is 1. The standard InChI is InChI=1S/C17H19N5O3/c23-15(20-12-8-19-21-17(12)11-5-6-18-7-11)9-22-13-3-1-2-4-14(13)25-10-16(22)24/h1-4,8,11,18H,5-7,9-10H2,(H,19,21)(H,20,23). The molecule has 2 aromatic rings. The molecule has 0 radical (unpaired) electrons. The summed E-state index contributed by atoms with van der Waals surface area (Å²) in [5, 5.41) is 13.2. The highest BCUT2D eigenvalue weighted by Gasteiger charge is 2.28. The number of aromatic nitrogens is 2. The Labute approximate surface area is 144 Å². The van der Waals surface area contributed by atoms with Crippen LogP contribution in [0.4, 0.5) is 11.4 Å². The molecular weight excluding hydrogens is 322 g/mol. The van der Waals surface area contributed by atoms with Crippen LogP contribution in [0.15, 0.2) is 30.5 Å². The van der Waals surface area contributed by atoms with Crippen LogP contribution in [-0.4, -0.2) is 48.3 Å². The van der Waals surface area contributed by atoms with Crippen molar-refractivity contribution in [2.45, 2.75) is 12.3 Å². The van der Waals surface area contributed by atoms with Gasteiger partial charge in [0.1, 0.15) is 12.3 Å². The Hall–Kier alpha value is -2.87. The summed E-state index contributed by atoms with van der Waals surface area (Å²) in [6, 6.07) is 7.20. The van der Waals surface area contributed by atoms with Crippen LogP contribution < -0.4 is 20.3 Å². The number of hydrogen-bond acceptors (Lipinski definition) is 5. The number of fused-ring (bicyclic) bond motifs is 1. The minimum atomic E-state index is -0.265. The van der Waals surface area contributed by atoms with E-state index in [0.29, 0.717) is 23.0 Å². The zero-order valence-electron chi connectivity index (χ0n) is 13.6. The number of para-hydroxylation sites is 2. The second kappa shape index (κ2) is 6.56. The number of nitrogens with one attached hydrogen (secondary N) is 3. The molecule has 8 nitrogen and oxygen atoms in total. The van der Waals surface area contributed by atoms with Crippen molar-refractivity contribution < 1.29 is 14.3 Å². The van der Waals surface area contributed by atoms with E-state index in [2.05, 4.69) is 20.8 Å². The molecule has 0 aliphatic carbocycles. The van der Waals surface area contributed by atoms with Crippen molar-refractivity contribution in [2.24, 2.45) is 0 Å². The number of anilines is 2.